The van der Waals surface area contributed by atoms with E-state index in [4.69, 9.17) is 16.3 Å². The van der Waals surface area contributed by atoms with Crippen molar-refractivity contribution in [3.63, 3.8) is 0 Å². The largest absolute Gasteiger partial charge is 0.496 e. The van der Waals surface area contributed by atoms with Crippen LogP contribution >= 0.6 is 23.4 Å². The number of halogens is 1. The smallest absolute Gasteiger partial charge is 0.123 e. The molecule has 1 aromatic rings. The second kappa shape index (κ2) is 6.18. The van der Waals surface area contributed by atoms with E-state index in [9.17, 15) is 0 Å². The van der Waals surface area contributed by atoms with Gasteiger partial charge >= 0.3 is 0 Å². The van der Waals surface area contributed by atoms with Gasteiger partial charge in [0.2, 0.25) is 0 Å². The number of hydrogen-bond donors (Lipinski definition) is 1. The third-order valence-electron chi connectivity index (χ3n) is 3.36. The Balaban J connectivity index is 1.91. The standard InChI is InChI=1S/C14H20ClNOS/c1-14(6-3-7-18-14)10-16-9-11-8-12(15)4-5-13(11)17-2/h4-5,8,16H,3,6-7,9-10H2,1-2H3. The summed E-state index contributed by atoms with van der Waals surface area (Å²) >= 11 is 8.09. The molecule has 1 aliphatic heterocycles. The minimum Gasteiger partial charge on any atom is -0.496 e. The minimum atomic E-state index is 0.395. The molecule has 4 heteroatoms. The molecule has 1 heterocycles. The number of rotatable bonds is 5. The van der Waals surface area contributed by atoms with Crippen LogP contribution in [0.3, 0.4) is 0 Å². The van der Waals surface area contributed by atoms with Crippen molar-refractivity contribution in [1.29, 1.82) is 0 Å². The fourth-order valence-corrected chi connectivity index (χ4v) is 3.79. The molecule has 1 aromatic carbocycles. The lowest BCUT2D eigenvalue weighted by Gasteiger charge is -2.23. The zero-order valence-corrected chi connectivity index (χ0v) is 12.5. The lowest BCUT2D eigenvalue weighted by atomic mass is 10.1. The fourth-order valence-electron chi connectivity index (χ4n) is 2.32. The molecule has 0 bridgehead atoms. The molecular formula is C14H20ClNOS. The van der Waals surface area contributed by atoms with Gasteiger partial charge in [0, 0.05) is 28.4 Å². The molecule has 1 fully saturated rings. The highest BCUT2D eigenvalue weighted by molar-refractivity contribution is 8.00. The van der Waals surface area contributed by atoms with Gasteiger partial charge in [-0.15, -0.1) is 0 Å². The molecule has 1 N–H and O–H groups in total. The van der Waals surface area contributed by atoms with E-state index in [0.717, 1.165) is 29.4 Å². The van der Waals surface area contributed by atoms with Crippen molar-refractivity contribution in [2.75, 3.05) is 19.4 Å². The Bertz CT molecular complexity index is 405. The highest BCUT2D eigenvalue weighted by Crippen LogP contribution is 2.37. The summed E-state index contributed by atoms with van der Waals surface area (Å²) in [5.41, 5.74) is 1.12. The summed E-state index contributed by atoms with van der Waals surface area (Å²) in [7, 11) is 1.70. The van der Waals surface area contributed by atoms with Crippen molar-refractivity contribution in [3.05, 3.63) is 28.8 Å². The van der Waals surface area contributed by atoms with Crippen LogP contribution in [0.5, 0.6) is 5.75 Å². The molecule has 0 spiro atoms. The Morgan fingerprint density at radius 2 is 2.33 bits per heavy atom. The SMILES string of the molecule is COc1ccc(Cl)cc1CNCC1(C)CCCS1. The summed E-state index contributed by atoms with van der Waals surface area (Å²) in [4.78, 5) is 0. The summed E-state index contributed by atoms with van der Waals surface area (Å²) in [6.07, 6.45) is 2.64. The molecule has 1 atom stereocenters. The average Bonchev–Trinajstić information content (AvgIpc) is 2.77. The Morgan fingerprint density at radius 1 is 1.50 bits per heavy atom. The lowest BCUT2D eigenvalue weighted by molar-refractivity contribution is 0.406. The highest BCUT2D eigenvalue weighted by atomic mass is 35.5. The van der Waals surface area contributed by atoms with E-state index < -0.39 is 0 Å². The molecule has 0 aliphatic carbocycles. The molecule has 2 rings (SSSR count). The van der Waals surface area contributed by atoms with Crippen molar-refractivity contribution in [3.8, 4) is 5.75 Å². The predicted molar refractivity (Wildman–Crippen MR) is 79.8 cm³/mol. The molecule has 1 aliphatic rings. The number of hydrogen-bond acceptors (Lipinski definition) is 3. The molecule has 18 heavy (non-hydrogen) atoms. The monoisotopic (exact) mass is 285 g/mol. The quantitative estimate of drug-likeness (QED) is 0.891. The number of methoxy groups -OCH3 is 1. The van der Waals surface area contributed by atoms with Crippen LogP contribution in [0.2, 0.25) is 5.02 Å². The summed E-state index contributed by atoms with van der Waals surface area (Å²) in [5, 5.41) is 4.28. The van der Waals surface area contributed by atoms with Crippen LogP contribution in [0.15, 0.2) is 18.2 Å². The van der Waals surface area contributed by atoms with E-state index in [1.54, 1.807) is 7.11 Å². The van der Waals surface area contributed by atoms with Crippen LogP contribution in [0, 0.1) is 0 Å². The van der Waals surface area contributed by atoms with Gasteiger partial charge in [-0.3, -0.25) is 0 Å². The van der Waals surface area contributed by atoms with Crippen molar-refractivity contribution in [2.24, 2.45) is 0 Å². The van der Waals surface area contributed by atoms with Gasteiger partial charge in [-0.25, -0.2) is 0 Å². The number of ether oxygens (including phenoxy) is 1. The summed E-state index contributed by atoms with van der Waals surface area (Å²) in [5.74, 6) is 2.19. The zero-order valence-electron chi connectivity index (χ0n) is 11.0. The minimum absolute atomic E-state index is 0.395. The van der Waals surface area contributed by atoms with Crippen LogP contribution in [0.25, 0.3) is 0 Å². The Labute approximate surface area is 118 Å². The van der Waals surface area contributed by atoms with E-state index in [-0.39, 0.29) is 0 Å². The molecule has 0 aromatic heterocycles. The molecule has 1 unspecified atom stereocenters. The van der Waals surface area contributed by atoms with E-state index in [1.165, 1.54) is 18.6 Å². The third kappa shape index (κ3) is 3.56. The van der Waals surface area contributed by atoms with Gasteiger partial charge in [0.05, 0.1) is 7.11 Å². The van der Waals surface area contributed by atoms with Crippen LogP contribution in [-0.2, 0) is 6.54 Å². The normalized spacial score (nSPS) is 23.3. The number of thioether (sulfide) groups is 1. The molecule has 100 valence electrons. The molecule has 0 amide bonds. The van der Waals surface area contributed by atoms with Gasteiger partial charge in [-0.05, 0) is 43.7 Å². The first-order valence-corrected chi connectivity index (χ1v) is 7.66. The maximum absolute atomic E-state index is 6.02. The van der Waals surface area contributed by atoms with Crippen molar-refractivity contribution < 1.29 is 4.74 Å². The van der Waals surface area contributed by atoms with E-state index in [0.29, 0.717) is 4.75 Å². The fraction of sp³-hybridized carbons (Fsp3) is 0.571. The van der Waals surface area contributed by atoms with Gasteiger partial charge in [0.25, 0.3) is 0 Å². The van der Waals surface area contributed by atoms with Gasteiger partial charge in [-0.1, -0.05) is 11.6 Å². The Morgan fingerprint density at radius 3 is 3.00 bits per heavy atom. The molecular weight excluding hydrogens is 266 g/mol. The lowest BCUT2D eigenvalue weighted by Crippen LogP contribution is -2.32. The third-order valence-corrected chi connectivity index (χ3v) is 5.13. The van der Waals surface area contributed by atoms with E-state index in [1.807, 2.05) is 18.2 Å². The number of benzene rings is 1. The summed E-state index contributed by atoms with van der Waals surface area (Å²) in [6, 6.07) is 5.75. The van der Waals surface area contributed by atoms with Crippen LogP contribution in [0.4, 0.5) is 0 Å². The Hall–Kier alpha value is -0.380. The molecule has 2 nitrogen and oxygen atoms in total. The average molecular weight is 286 g/mol. The van der Waals surface area contributed by atoms with Crippen molar-refractivity contribution >= 4 is 23.4 Å². The second-order valence-electron chi connectivity index (χ2n) is 4.96. The van der Waals surface area contributed by atoms with E-state index >= 15 is 0 Å². The predicted octanol–water partition coefficient (Wildman–Crippen LogP) is 3.72. The Kier molecular flexibility index (Phi) is 4.82. The van der Waals surface area contributed by atoms with Gasteiger partial charge < -0.3 is 10.1 Å². The van der Waals surface area contributed by atoms with Gasteiger partial charge in [-0.2, -0.15) is 11.8 Å². The topological polar surface area (TPSA) is 21.3 Å². The first-order valence-electron chi connectivity index (χ1n) is 6.30. The molecule has 0 radical (unpaired) electrons. The second-order valence-corrected chi connectivity index (χ2v) is 7.08. The maximum Gasteiger partial charge on any atom is 0.123 e. The van der Waals surface area contributed by atoms with Crippen LogP contribution in [-0.4, -0.2) is 24.2 Å². The maximum atomic E-state index is 6.02. The van der Waals surface area contributed by atoms with Crippen molar-refractivity contribution in [1.82, 2.24) is 5.32 Å². The molecule has 1 saturated heterocycles. The van der Waals surface area contributed by atoms with Gasteiger partial charge in [0.1, 0.15) is 5.75 Å². The van der Waals surface area contributed by atoms with E-state index in [2.05, 4.69) is 24.0 Å². The highest BCUT2D eigenvalue weighted by Gasteiger charge is 2.28. The zero-order chi connectivity index (χ0) is 13.0. The first kappa shape index (κ1) is 14.0. The number of nitrogens with one attached hydrogen (secondary N) is 1. The molecule has 0 saturated carbocycles. The van der Waals surface area contributed by atoms with Crippen LogP contribution < -0.4 is 10.1 Å². The summed E-state index contributed by atoms with van der Waals surface area (Å²) in [6.45, 7) is 4.18. The first-order chi connectivity index (χ1) is 8.63. The van der Waals surface area contributed by atoms with Crippen molar-refractivity contribution in [2.45, 2.75) is 31.1 Å². The van der Waals surface area contributed by atoms with Crippen LogP contribution in [0.1, 0.15) is 25.3 Å². The van der Waals surface area contributed by atoms with Gasteiger partial charge in [0.15, 0.2) is 0 Å². The summed E-state index contributed by atoms with van der Waals surface area (Å²) < 4.78 is 5.74.